The van der Waals surface area contributed by atoms with Gasteiger partial charge in [-0.15, -0.1) is 0 Å². The number of hydrogen-bond acceptors (Lipinski definition) is 3. The Morgan fingerprint density at radius 3 is 2.38 bits per heavy atom. The average molecular weight is 332 g/mol. The van der Waals surface area contributed by atoms with Gasteiger partial charge in [-0.25, -0.2) is 0 Å². The maximum absolute atomic E-state index is 11.9. The van der Waals surface area contributed by atoms with Gasteiger partial charge in [-0.3, -0.25) is 9.59 Å². The molecule has 0 saturated heterocycles. The highest BCUT2D eigenvalue weighted by molar-refractivity contribution is 14.1. The molecule has 86 valence electrons. The van der Waals surface area contributed by atoms with E-state index in [4.69, 9.17) is 4.74 Å². The van der Waals surface area contributed by atoms with Gasteiger partial charge in [-0.1, -0.05) is 12.1 Å². The lowest BCUT2D eigenvalue weighted by Crippen LogP contribution is -2.23. The Labute approximate surface area is 108 Å². The van der Waals surface area contributed by atoms with Crippen LogP contribution in [-0.4, -0.2) is 18.4 Å². The summed E-state index contributed by atoms with van der Waals surface area (Å²) in [6.45, 7) is 3.58. The highest BCUT2D eigenvalue weighted by atomic mass is 127. The topological polar surface area (TPSA) is 43.4 Å². The van der Waals surface area contributed by atoms with Gasteiger partial charge in [0.2, 0.25) is 0 Å². The highest BCUT2D eigenvalue weighted by Crippen LogP contribution is 2.12. The summed E-state index contributed by atoms with van der Waals surface area (Å²) in [7, 11) is 0. The van der Waals surface area contributed by atoms with Crippen molar-refractivity contribution in [1.29, 1.82) is 0 Å². The van der Waals surface area contributed by atoms with Gasteiger partial charge in [0.25, 0.3) is 0 Å². The van der Waals surface area contributed by atoms with Crippen LogP contribution in [0.5, 0.6) is 0 Å². The molecule has 16 heavy (non-hydrogen) atoms. The number of ketones is 1. The molecule has 0 amide bonds. The molecule has 1 atom stereocenters. The Balaban J connectivity index is 2.78. The molecule has 1 aromatic rings. The van der Waals surface area contributed by atoms with Crippen molar-refractivity contribution in [2.24, 2.45) is 5.92 Å². The van der Waals surface area contributed by atoms with E-state index in [0.29, 0.717) is 12.2 Å². The van der Waals surface area contributed by atoms with Gasteiger partial charge >= 0.3 is 5.97 Å². The minimum absolute atomic E-state index is 0.199. The van der Waals surface area contributed by atoms with Crippen LogP contribution in [0.15, 0.2) is 24.3 Å². The molecule has 0 aliphatic heterocycles. The molecule has 0 fully saturated rings. The second-order valence-corrected chi connectivity index (χ2v) is 4.59. The standard InChI is InChI=1S/C12H13IO3/c1-3-16-12(15)8(2)11(14)9-4-6-10(13)7-5-9/h4-8H,3H2,1-2H3. The van der Waals surface area contributed by atoms with Crippen LogP contribution in [0.25, 0.3) is 0 Å². The largest absolute Gasteiger partial charge is 0.465 e. The van der Waals surface area contributed by atoms with Crippen molar-refractivity contribution in [3.63, 3.8) is 0 Å². The highest BCUT2D eigenvalue weighted by Gasteiger charge is 2.23. The number of carbonyl (C=O) groups excluding carboxylic acids is 2. The maximum Gasteiger partial charge on any atom is 0.316 e. The first-order valence-corrected chi connectivity index (χ1v) is 6.10. The number of carbonyl (C=O) groups is 2. The minimum atomic E-state index is -0.736. The third kappa shape index (κ3) is 3.30. The predicted octanol–water partition coefficient (Wildman–Crippen LogP) is 2.67. The van der Waals surface area contributed by atoms with Crippen LogP contribution < -0.4 is 0 Å². The number of halogens is 1. The number of esters is 1. The zero-order valence-corrected chi connectivity index (χ0v) is 11.4. The lowest BCUT2D eigenvalue weighted by Gasteiger charge is -2.09. The van der Waals surface area contributed by atoms with Gasteiger partial charge in [-0.05, 0) is 48.6 Å². The zero-order chi connectivity index (χ0) is 12.1. The molecule has 1 rings (SSSR count). The first kappa shape index (κ1) is 13.2. The van der Waals surface area contributed by atoms with E-state index >= 15 is 0 Å². The van der Waals surface area contributed by atoms with Crippen molar-refractivity contribution in [2.75, 3.05) is 6.61 Å². The summed E-state index contributed by atoms with van der Waals surface area (Å²) in [6.07, 6.45) is 0. The number of ether oxygens (including phenoxy) is 1. The van der Waals surface area contributed by atoms with Gasteiger partial charge in [0, 0.05) is 9.13 Å². The van der Waals surface area contributed by atoms with Crippen LogP contribution in [0.1, 0.15) is 24.2 Å². The number of Topliss-reactive ketones (excluding diaryl/α,β-unsaturated/α-hetero) is 1. The molecule has 0 radical (unpaired) electrons. The number of hydrogen-bond donors (Lipinski definition) is 0. The summed E-state index contributed by atoms with van der Waals surface area (Å²) in [5.74, 6) is -1.40. The first-order chi connectivity index (χ1) is 7.56. The maximum atomic E-state index is 11.9. The molecule has 0 heterocycles. The molecule has 1 unspecified atom stereocenters. The van der Waals surface area contributed by atoms with Crippen molar-refractivity contribution in [3.05, 3.63) is 33.4 Å². The van der Waals surface area contributed by atoms with Crippen molar-refractivity contribution >= 4 is 34.3 Å². The van der Waals surface area contributed by atoms with Crippen LogP contribution in [0, 0.1) is 9.49 Å². The third-order valence-electron chi connectivity index (χ3n) is 2.16. The van der Waals surface area contributed by atoms with E-state index in [0.717, 1.165) is 3.57 Å². The van der Waals surface area contributed by atoms with E-state index in [1.807, 2.05) is 12.1 Å². The molecule has 0 aliphatic carbocycles. The molecule has 0 bridgehead atoms. The summed E-state index contributed by atoms with van der Waals surface area (Å²) < 4.78 is 5.86. The summed E-state index contributed by atoms with van der Waals surface area (Å²) in [5, 5.41) is 0. The molecule has 0 saturated carbocycles. The molecule has 3 nitrogen and oxygen atoms in total. The van der Waals surface area contributed by atoms with Crippen LogP contribution in [0.2, 0.25) is 0 Å². The fourth-order valence-corrected chi connectivity index (χ4v) is 1.60. The van der Waals surface area contributed by atoms with Crippen molar-refractivity contribution < 1.29 is 14.3 Å². The van der Waals surface area contributed by atoms with Crippen molar-refractivity contribution in [3.8, 4) is 0 Å². The molecular formula is C12H13IO3. The van der Waals surface area contributed by atoms with Crippen LogP contribution in [0.3, 0.4) is 0 Å². The van der Waals surface area contributed by atoms with E-state index in [9.17, 15) is 9.59 Å². The Hall–Kier alpha value is -0.910. The molecule has 4 heteroatoms. The van der Waals surface area contributed by atoms with E-state index in [-0.39, 0.29) is 5.78 Å². The van der Waals surface area contributed by atoms with Crippen molar-refractivity contribution in [1.82, 2.24) is 0 Å². The predicted molar refractivity (Wildman–Crippen MR) is 69.3 cm³/mol. The molecule has 0 aromatic heterocycles. The molecule has 0 aliphatic rings. The van der Waals surface area contributed by atoms with E-state index in [1.165, 1.54) is 0 Å². The van der Waals surface area contributed by atoms with Gasteiger partial charge < -0.3 is 4.74 Å². The lowest BCUT2D eigenvalue weighted by atomic mass is 10.00. The number of rotatable bonds is 4. The molecule has 0 spiro atoms. The Morgan fingerprint density at radius 2 is 1.88 bits per heavy atom. The normalized spacial score (nSPS) is 11.9. The van der Waals surface area contributed by atoms with Gasteiger partial charge in [-0.2, -0.15) is 0 Å². The molecular weight excluding hydrogens is 319 g/mol. The van der Waals surface area contributed by atoms with Crippen LogP contribution >= 0.6 is 22.6 Å². The number of benzene rings is 1. The first-order valence-electron chi connectivity index (χ1n) is 5.02. The Morgan fingerprint density at radius 1 is 1.31 bits per heavy atom. The minimum Gasteiger partial charge on any atom is -0.465 e. The summed E-state index contributed by atoms with van der Waals surface area (Å²) in [6, 6.07) is 7.12. The fraction of sp³-hybridized carbons (Fsp3) is 0.333. The second-order valence-electron chi connectivity index (χ2n) is 3.34. The Kier molecular flexibility index (Phi) is 4.92. The molecule has 1 aromatic carbocycles. The quantitative estimate of drug-likeness (QED) is 0.369. The van der Waals surface area contributed by atoms with E-state index in [1.54, 1.807) is 26.0 Å². The smallest absolute Gasteiger partial charge is 0.316 e. The van der Waals surface area contributed by atoms with Gasteiger partial charge in [0.1, 0.15) is 5.92 Å². The van der Waals surface area contributed by atoms with Gasteiger partial charge in [0.05, 0.1) is 6.61 Å². The van der Waals surface area contributed by atoms with E-state index < -0.39 is 11.9 Å². The zero-order valence-electron chi connectivity index (χ0n) is 9.20. The summed E-state index contributed by atoms with van der Waals surface area (Å²) in [4.78, 5) is 23.2. The summed E-state index contributed by atoms with van der Waals surface area (Å²) in [5.41, 5.74) is 0.543. The summed E-state index contributed by atoms with van der Waals surface area (Å²) >= 11 is 2.16. The van der Waals surface area contributed by atoms with Crippen molar-refractivity contribution in [2.45, 2.75) is 13.8 Å². The monoisotopic (exact) mass is 332 g/mol. The van der Waals surface area contributed by atoms with E-state index in [2.05, 4.69) is 22.6 Å². The third-order valence-corrected chi connectivity index (χ3v) is 2.88. The van der Waals surface area contributed by atoms with Crippen LogP contribution in [0.4, 0.5) is 0 Å². The average Bonchev–Trinajstić information content (AvgIpc) is 2.28. The SMILES string of the molecule is CCOC(=O)C(C)C(=O)c1ccc(I)cc1. The van der Waals surface area contributed by atoms with Gasteiger partial charge in [0.15, 0.2) is 5.78 Å². The second kappa shape index (κ2) is 5.98. The fourth-order valence-electron chi connectivity index (χ4n) is 1.24. The Bertz CT molecular complexity index is 384. The lowest BCUT2D eigenvalue weighted by molar-refractivity contribution is -0.145. The molecule has 0 N–H and O–H groups in total. The van der Waals surface area contributed by atoms with Crippen LogP contribution in [-0.2, 0) is 9.53 Å².